The van der Waals surface area contributed by atoms with E-state index in [9.17, 15) is 8.42 Å². The van der Waals surface area contributed by atoms with Gasteiger partial charge in [0.15, 0.2) is 0 Å². The lowest BCUT2D eigenvalue weighted by Crippen LogP contribution is -2.34. The van der Waals surface area contributed by atoms with Crippen molar-refractivity contribution in [1.29, 1.82) is 5.26 Å². The second kappa shape index (κ2) is 6.38. The van der Waals surface area contributed by atoms with E-state index in [0.717, 1.165) is 0 Å². The molecule has 0 spiro atoms. The van der Waals surface area contributed by atoms with Gasteiger partial charge in [-0.3, -0.25) is 0 Å². The van der Waals surface area contributed by atoms with Crippen molar-refractivity contribution in [2.24, 2.45) is 11.3 Å². The summed E-state index contributed by atoms with van der Waals surface area (Å²) < 4.78 is 26.8. The van der Waals surface area contributed by atoms with Crippen molar-refractivity contribution < 1.29 is 8.42 Å². The fraction of sp³-hybridized carbons (Fsp3) is 0.533. The standard InChI is InChI=1S/C15H22N2O2S/c1-12(15(2,3)4)10-17-20(18,19)11-14-8-6-5-7-13(14)9-16/h5-8,12,17H,10-11H2,1-4H3. The number of hydrogen-bond acceptors (Lipinski definition) is 3. The minimum atomic E-state index is -3.42. The summed E-state index contributed by atoms with van der Waals surface area (Å²) in [4.78, 5) is 0. The maximum atomic E-state index is 12.1. The normalized spacial score (nSPS) is 13.8. The smallest absolute Gasteiger partial charge is 0.215 e. The molecule has 0 aliphatic rings. The molecule has 0 aliphatic carbocycles. The van der Waals surface area contributed by atoms with Crippen LogP contribution in [-0.2, 0) is 15.8 Å². The number of nitrogens with zero attached hydrogens (tertiary/aromatic N) is 1. The predicted molar refractivity (Wildman–Crippen MR) is 80.4 cm³/mol. The van der Waals surface area contributed by atoms with Crippen LogP contribution in [0.5, 0.6) is 0 Å². The van der Waals surface area contributed by atoms with Crippen LogP contribution in [0, 0.1) is 22.7 Å². The van der Waals surface area contributed by atoms with E-state index < -0.39 is 10.0 Å². The Labute approximate surface area is 121 Å². The van der Waals surface area contributed by atoms with Crippen LogP contribution in [0.4, 0.5) is 0 Å². The van der Waals surface area contributed by atoms with Gasteiger partial charge < -0.3 is 0 Å². The zero-order valence-corrected chi connectivity index (χ0v) is 13.3. The monoisotopic (exact) mass is 294 g/mol. The molecule has 1 aromatic carbocycles. The number of sulfonamides is 1. The Morgan fingerprint density at radius 3 is 2.45 bits per heavy atom. The molecule has 110 valence electrons. The zero-order chi connectivity index (χ0) is 15.4. The first-order valence-corrected chi connectivity index (χ1v) is 8.26. The van der Waals surface area contributed by atoms with Crippen LogP contribution in [0.25, 0.3) is 0 Å². The van der Waals surface area contributed by atoms with Gasteiger partial charge in [-0.2, -0.15) is 5.26 Å². The Kier molecular flexibility index (Phi) is 5.32. The number of nitrogens with one attached hydrogen (secondary N) is 1. The van der Waals surface area contributed by atoms with E-state index in [1.807, 2.05) is 13.0 Å². The molecule has 1 rings (SSSR count). The van der Waals surface area contributed by atoms with E-state index in [4.69, 9.17) is 5.26 Å². The third-order valence-electron chi connectivity index (χ3n) is 3.57. The SMILES string of the molecule is CC(CNS(=O)(=O)Cc1ccccc1C#N)C(C)(C)C. The summed E-state index contributed by atoms with van der Waals surface area (Å²) in [5.41, 5.74) is 0.986. The molecule has 0 aromatic heterocycles. The van der Waals surface area contributed by atoms with Crippen LogP contribution in [-0.4, -0.2) is 15.0 Å². The molecule has 0 amide bonds. The highest BCUT2D eigenvalue weighted by molar-refractivity contribution is 7.88. The lowest BCUT2D eigenvalue weighted by molar-refractivity contribution is 0.263. The number of rotatable bonds is 5. The molecule has 1 N–H and O–H groups in total. The van der Waals surface area contributed by atoms with Crippen LogP contribution in [0.15, 0.2) is 24.3 Å². The molecule has 0 radical (unpaired) electrons. The summed E-state index contributed by atoms with van der Waals surface area (Å²) in [6, 6.07) is 8.78. The van der Waals surface area contributed by atoms with Crippen LogP contribution in [0.3, 0.4) is 0 Å². The Bertz CT molecular complexity index is 595. The minimum absolute atomic E-state index is 0.0487. The van der Waals surface area contributed by atoms with E-state index in [-0.39, 0.29) is 17.1 Å². The Hall–Kier alpha value is -1.38. The lowest BCUT2D eigenvalue weighted by atomic mass is 9.82. The van der Waals surface area contributed by atoms with E-state index in [1.165, 1.54) is 0 Å². The molecular formula is C15H22N2O2S. The summed E-state index contributed by atoms with van der Waals surface area (Å²) in [5, 5.41) is 8.97. The van der Waals surface area contributed by atoms with Crippen molar-refractivity contribution >= 4 is 10.0 Å². The topological polar surface area (TPSA) is 70.0 Å². The average Bonchev–Trinajstić information content (AvgIpc) is 2.35. The molecule has 0 saturated carbocycles. The van der Waals surface area contributed by atoms with Crippen molar-refractivity contribution in [3.63, 3.8) is 0 Å². The maximum Gasteiger partial charge on any atom is 0.215 e. The summed E-state index contributed by atoms with van der Waals surface area (Å²) in [6.45, 7) is 8.66. The van der Waals surface area contributed by atoms with E-state index >= 15 is 0 Å². The molecule has 0 saturated heterocycles. The van der Waals surface area contributed by atoms with Gasteiger partial charge in [-0.1, -0.05) is 45.9 Å². The quantitative estimate of drug-likeness (QED) is 0.907. The van der Waals surface area contributed by atoms with Gasteiger partial charge in [-0.25, -0.2) is 13.1 Å². The van der Waals surface area contributed by atoms with Crippen molar-refractivity contribution in [3.05, 3.63) is 35.4 Å². The first-order valence-electron chi connectivity index (χ1n) is 6.61. The number of nitriles is 1. The summed E-state index contributed by atoms with van der Waals surface area (Å²) in [7, 11) is -3.42. The third kappa shape index (κ3) is 4.95. The van der Waals surface area contributed by atoms with E-state index in [2.05, 4.69) is 25.5 Å². The first-order chi connectivity index (χ1) is 9.15. The predicted octanol–water partition coefficient (Wildman–Crippen LogP) is 2.66. The van der Waals surface area contributed by atoms with Gasteiger partial charge in [0.1, 0.15) is 0 Å². The molecule has 1 unspecified atom stereocenters. The van der Waals surface area contributed by atoms with E-state index in [0.29, 0.717) is 17.7 Å². The molecule has 0 fully saturated rings. The average molecular weight is 294 g/mol. The number of benzene rings is 1. The van der Waals surface area contributed by atoms with Gasteiger partial charge in [0.05, 0.1) is 17.4 Å². The first kappa shape index (κ1) is 16.7. The highest BCUT2D eigenvalue weighted by Gasteiger charge is 2.22. The Morgan fingerprint density at radius 2 is 1.90 bits per heavy atom. The van der Waals surface area contributed by atoms with Crippen molar-refractivity contribution in [2.75, 3.05) is 6.54 Å². The molecule has 0 bridgehead atoms. The summed E-state index contributed by atoms with van der Waals surface area (Å²) in [6.07, 6.45) is 0. The molecule has 20 heavy (non-hydrogen) atoms. The van der Waals surface area contributed by atoms with Gasteiger partial charge in [-0.15, -0.1) is 0 Å². The van der Waals surface area contributed by atoms with Crippen LogP contribution >= 0.6 is 0 Å². The molecular weight excluding hydrogens is 272 g/mol. The van der Waals surface area contributed by atoms with Crippen LogP contribution in [0.1, 0.15) is 38.8 Å². The van der Waals surface area contributed by atoms with Crippen molar-refractivity contribution in [2.45, 2.75) is 33.4 Å². The van der Waals surface area contributed by atoms with Gasteiger partial charge >= 0.3 is 0 Å². The van der Waals surface area contributed by atoms with Gasteiger partial charge in [-0.05, 0) is 23.0 Å². The highest BCUT2D eigenvalue weighted by Crippen LogP contribution is 2.24. The summed E-state index contributed by atoms with van der Waals surface area (Å²) in [5.74, 6) is 0.0663. The highest BCUT2D eigenvalue weighted by atomic mass is 32.2. The number of hydrogen-bond donors (Lipinski definition) is 1. The van der Waals surface area contributed by atoms with Crippen molar-refractivity contribution in [1.82, 2.24) is 4.72 Å². The largest absolute Gasteiger partial charge is 0.215 e. The minimum Gasteiger partial charge on any atom is -0.215 e. The second-order valence-electron chi connectivity index (χ2n) is 6.14. The fourth-order valence-electron chi connectivity index (χ4n) is 1.57. The molecule has 5 heteroatoms. The maximum absolute atomic E-state index is 12.1. The van der Waals surface area contributed by atoms with Crippen LogP contribution < -0.4 is 4.72 Å². The molecule has 1 atom stereocenters. The lowest BCUT2D eigenvalue weighted by Gasteiger charge is -2.27. The molecule has 1 aromatic rings. The van der Waals surface area contributed by atoms with Crippen molar-refractivity contribution in [3.8, 4) is 6.07 Å². The Balaban J connectivity index is 2.74. The molecule has 0 heterocycles. The third-order valence-corrected chi connectivity index (χ3v) is 4.87. The second-order valence-corrected chi connectivity index (χ2v) is 7.95. The fourth-order valence-corrected chi connectivity index (χ4v) is 2.84. The summed E-state index contributed by atoms with van der Waals surface area (Å²) >= 11 is 0. The van der Waals surface area contributed by atoms with Crippen LogP contribution in [0.2, 0.25) is 0 Å². The van der Waals surface area contributed by atoms with Gasteiger partial charge in [0.25, 0.3) is 0 Å². The van der Waals surface area contributed by atoms with Gasteiger partial charge in [0.2, 0.25) is 10.0 Å². The molecule has 0 aliphatic heterocycles. The van der Waals surface area contributed by atoms with Gasteiger partial charge in [0, 0.05) is 6.54 Å². The zero-order valence-electron chi connectivity index (χ0n) is 12.5. The Morgan fingerprint density at radius 1 is 1.30 bits per heavy atom. The molecule has 4 nitrogen and oxygen atoms in total. The van der Waals surface area contributed by atoms with E-state index in [1.54, 1.807) is 24.3 Å².